The summed E-state index contributed by atoms with van der Waals surface area (Å²) in [5, 5.41) is 2.71. The number of methoxy groups -OCH3 is 2. The van der Waals surface area contributed by atoms with Gasteiger partial charge in [0.1, 0.15) is 16.4 Å². The quantitative estimate of drug-likeness (QED) is 0.450. The van der Waals surface area contributed by atoms with Crippen LogP contribution in [0.1, 0.15) is 18.4 Å². The molecule has 1 saturated heterocycles. The van der Waals surface area contributed by atoms with Crippen LogP contribution in [-0.2, 0) is 24.8 Å². The van der Waals surface area contributed by atoms with E-state index in [-0.39, 0.29) is 47.6 Å². The molecule has 12 heteroatoms. The molecule has 2 aromatic carbocycles. The zero-order valence-corrected chi connectivity index (χ0v) is 21.6. The predicted octanol–water partition coefficient (Wildman–Crippen LogP) is 1.51. The van der Waals surface area contributed by atoms with Crippen molar-refractivity contribution < 1.29 is 31.1 Å². The number of amides is 1. The molecule has 0 bridgehead atoms. The van der Waals surface area contributed by atoms with Gasteiger partial charge in [-0.3, -0.25) is 4.79 Å². The zero-order valence-electron chi connectivity index (χ0n) is 20.0. The van der Waals surface area contributed by atoms with Crippen LogP contribution in [0.5, 0.6) is 11.5 Å². The van der Waals surface area contributed by atoms with Crippen molar-refractivity contribution in [3.05, 3.63) is 48.0 Å². The van der Waals surface area contributed by atoms with Gasteiger partial charge in [-0.2, -0.15) is 4.31 Å². The Morgan fingerprint density at radius 2 is 1.74 bits per heavy atom. The normalized spacial score (nSPS) is 17.1. The molecular weight excluding hydrogens is 494 g/mol. The maximum Gasteiger partial charge on any atom is 0.246 e. The third-order valence-corrected chi connectivity index (χ3v) is 9.15. The van der Waals surface area contributed by atoms with E-state index in [0.29, 0.717) is 18.6 Å². The van der Waals surface area contributed by atoms with Crippen molar-refractivity contribution >= 4 is 26.0 Å². The van der Waals surface area contributed by atoms with Crippen molar-refractivity contribution in [1.29, 1.82) is 0 Å². The lowest BCUT2D eigenvalue weighted by Gasteiger charge is -2.31. The highest BCUT2D eigenvalue weighted by molar-refractivity contribution is 7.89. The number of carbonyl (C=O) groups excluding carboxylic acids is 1. The molecule has 1 aliphatic rings. The molecule has 0 radical (unpaired) electrons. The number of hydrogen-bond donors (Lipinski definition) is 2. The van der Waals surface area contributed by atoms with E-state index >= 15 is 0 Å². The Morgan fingerprint density at radius 3 is 2.40 bits per heavy atom. The molecule has 1 heterocycles. The third kappa shape index (κ3) is 6.51. The van der Waals surface area contributed by atoms with Crippen LogP contribution < -0.4 is 19.5 Å². The van der Waals surface area contributed by atoms with Gasteiger partial charge in [0, 0.05) is 32.2 Å². The number of rotatable bonds is 10. The van der Waals surface area contributed by atoms with E-state index in [1.165, 1.54) is 42.8 Å². The number of aryl methyl sites for hydroxylation is 1. The van der Waals surface area contributed by atoms with E-state index in [0.717, 1.165) is 5.56 Å². The number of benzene rings is 2. The maximum absolute atomic E-state index is 13.3. The van der Waals surface area contributed by atoms with Crippen molar-refractivity contribution in [3.63, 3.8) is 0 Å². The molecule has 1 aliphatic heterocycles. The second-order valence-corrected chi connectivity index (χ2v) is 11.9. The molecule has 192 valence electrons. The fraction of sp³-hybridized carbons (Fsp3) is 0.435. The Bertz CT molecular complexity index is 1250. The van der Waals surface area contributed by atoms with Crippen molar-refractivity contribution in [1.82, 2.24) is 14.3 Å². The minimum Gasteiger partial charge on any atom is -0.497 e. The average molecular weight is 526 g/mol. The molecule has 1 atom stereocenters. The van der Waals surface area contributed by atoms with E-state index in [1.54, 1.807) is 18.2 Å². The highest BCUT2D eigenvalue weighted by Gasteiger charge is 2.35. The van der Waals surface area contributed by atoms with Gasteiger partial charge < -0.3 is 14.8 Å². The van der Waals surface area contributed by atoms with Gasteiger partial charge >= 0.3 is 0 Å². The van der Waals surface area contributed by atoms with Crippen LogP contribution in [-0.4, -0.2) is 67.4 Å². The summed E-state index contributed by atoms with van der Waals surface area (Å²) in [7, 11) is -4.77. The Kier molecular flexibility index (Phi) is 8.75. The summed E-state index contributed by atoms with van der Waals surface area (Å²) in [6, 6.07) is 11.0. The van der Waals surface area contributed by atoms with E-state index in [2.05, 4.69) is 10.0 Å². The summed E-state index contributed by atoms with van der Waals surface area (Å²) in [5.74, 6) is -0.303. The second-order valence-electron chi connectivity index (χ2n) is 8.22. The molecule has 1 fully saturated rings. The van der Waals surface area contributed by atoms with Gasteiger partial charge in [-0.05, 0) is 44.0 Å². The summed E-state index contributed by atoms with van der Waals surface area (Å²) in [6.07, 6.45) is 1.05. The van der Waals surface area contributed by atoms with E-state index in [9.17, 15) is 21.6 Å². The number of carbonyl (C=O) groups is 1. The molecule has 0 saturated carbocycles. The molecule has 1 unspecified atom stereocenters. The fourth-order valence-electron chi connectivity index (χ4n) is 3.82. The average Bonchev–Trinajstić information content (AvgIpc) is 2.86. The Morgan fingerprint density at radius 1 is 1.03 bits per heavy atom. The van der Waals surface area contributed by atoms with E-state index in [1.807, 2.05) is 6.92 Å². The maximum atomic E-state index is 13.3. The highest BCUT2D eigenvalue weighted by Crippen LogP contribution is 2.32. The van der Waals surface area contributed by atoms with Crippen LogP contribution in [0, 0.1) is 12.8 Å². The van der Waals surface area contributed by atoms with Gasteiger partial charge in [-0.15, -0.1) is 0 Å². The SMILES string of the molecule is COc1ccc(OC)c(S(=O)(=O)N2CCCC(C(=O)NCCNS(=O)(=O)c3ccc(C)cc3)C2)c1. The molecule has 10 nitrogen and oxygen atoms in total. The molecule has 0 spiro atoms. The van der Waals surface area contributed by atoms with Gasteiger partial charge in [-0.25, -0.2) is 21.6 Å². The van der Waals surface area contributed by atoms with E-state index in [4.69, 9.17) is 9.47 Å². The molecule has 1 amide bonds. The lowest BCUT2D eigenvalue weighted by atomic mass is 9.99. The summed E-state index contributed by atoms with van der Waals surface area (Å²) in [5.41, 5.74) is 0.949. The first-order valence-electron chi connectivity index (χ1n) is 11.1. The monoisotopic (exact) mass is 525 g/mol. The summed E-state index contributed by atoms with van der Waals surface area (Å²) in [6.45, 7) is 2.26. The number of hydrogen-bond acceptors (Lipinski definition) is 7. The van der Waals surface area contributed by atoms with Gasteiger partial charge in [0.05, 0.1) is 25.0 Å². The lowest BCUT2D eigenvalue weighted by Crippen LogP contribution is -2.46. The van der Waals surface area contributed by atoms with Crippen LogP contribution in [0.15, 0.2) is 52.3 Å². The standard InChI is InChI=1S/C23H31N3O7S2/c1-17-6-9-20(10-7-17)34(28,29)25-13-12-24-23(27)18-5-4-14-26(16-18)35(30,31)22-15-19(32-2)8-11-21(22)33-3/h6-11,15,18,25H,4-5,12-14,16H2,1-3H3,(H,24,27). The number of sulfonamides is 2. The molecule has 3 rings (SSSR count). The smallest absolute Gasteiger partial charge is 0.246 e. The molecule has 2 aromatic rings. The molecule has 0 aliphatic carbocycles. The van der Waals surface area contributed by atoms with Crippen molar-refractivity contribution in [3.8, 4) is 11.5 Å². The number of ether oxygens (including phenoxy) is 2. The summed E-state index contributed by atoms with van der Waals surface area (Å²) >= 11 is 0. The topological polar surface area (TPSA) is 131 Å². The summed E-state index contributed by atoms with van der Waals surface area (Å²) in [4.78, 5) is 12.8. The lowest BCUT2D eigenvalue weighted by molar-refractivity contribution is -0.126. The number of piperidine rings is 1. The van der Waals surface area contributed by atoms with Crippen LogP contribution in [0.2, 0.25) is 0 Å². The van der Waals surface area contributed by atoms with Crippen molar-refractivity contribution in [2.75, 3.05) is 40.4 Å². The minimum absolute atomic E-state index is 0.0116. The third-order valence-electron chi connectivity index (χ3n) is 5.79. The predicted molar refractivity (Wildman–Crippen MR) is 130 cm³/mol. The van der Waals surface area contributed by atoms with Crippen LogP contribution in [0.4, 0.5) is 0 Å². The van der Waals surface area contributed by atoms with Gasteiger partial charge in [-0.1, -0.05) is 17.7 Å². The van der Waals surface area contributed by atoms with Crippen LogP contribution in [0.3, 0.4) is 0 Å². The Hall–Kier alpha value is -2.67. The summed E-state index contributed by atoms with van der Waals surface area (Å²) < 4.78 is 65.5. The van der Waals surface area contributed by atoms with Crippen molar-refractivity contribution in [2.24, 2.45) is 5.92 Å². The van der Waals surface area contributed by atoms with Gasteiger partial charge in [0.25, 0.3) is 0 Å². The fourth-order valence-corrected chi connectivity index (χ4v) is 6.54. The molecule has 0 aromatic heterocycles. The molecule has 35 heavy (non-hydrogen) atoms. The van der Waals surface area contributed by atoms with Crippen LogP contribution in [0.25, 0.3) is 0 Å². The van der Waals surface area contributed by atoms with Crippen molar-refractivity contribution in [2.45, 2.75) is 29.6 Å². The minimum atomic E-state index is -3.93. The number of nitrogens with one attached hydrogen (secondary N) is 2. The van der Waals surface area contributed by atoms with Crippen LogP contribution >= 0.6 is 0 Å². The first-order valence-corrected chi connectivity index (χ1v) is 14.1. The molecule has 2 N–H and O–H groups in total. The second kappa shape index (κ2) is 11.4. The Balaban J connectivity index is 1.59. The number of nitrogens with zero attached hydrogens (tertiary/aromatic N) is 1. The largest absolute Gasteiger partial charge is 0.497 e. The van der Waals surface area contributed by atoms with Gasteiger partial charge in [0.2, 0.25) is 26.0 Å². The first-order chi connectivity index (χ1) is 16.6. The van der Waals surface area contributed by atoms with E-state index < -0.39 is 26.0 Å². The van der Waals surface area contributed by atoms with Gasteiger partial charge in [0.15, 0.2) is 0 Å². The highest BCUT2D eigenvalue weighted by atomic mass is 32.2. The molecular formula is C23H31N3O7S2. The Labute approximate surface area is 206 Å². The first kappa shape index (κ1) is 26.9. The zero-order chi connectivity index (χ0) is 25.6.